The maximum atomic E-state index is 12.1. The summed E-state index contributed by atoms with van der Waals surface area (Å²) in [4.78, 5) is 27.2. The second-order valence-corrected chi connectivity index (χ2v) is 5.05. The van der Waals surface area contributed by atoms with Gasteiger partial charge < -0.3 is 10.4 Å². The molecule has 5 nitrogen and oxygen atoms in total. The van der Waals surface area contributed by atoms with Gasteiger partial charge in [0.15, 0.2) is 0 Å². The molecule has 0 radical (unpaired) electrons. The fourth-order valence-electron chi connectivity index (χ4n) is 1.62. The molecule has 2 N–H and O–H groups in total. The standard InChI is InChI=1S/C13H7Cl3N2O3/c14-7-3-4-8(15)10(9(7)13(20)21)18-12(19)6-2-1-5-17-11(6)16/h1-5H,(H,18,19)(H,20,21). The minimum Gasteiger partial charge on any atom is -0.478 e. The topological polar surface area (TPSA) is 79.3 Å². The Morgan fingerprint density at radius 3 is 2.38 bits per heavy atom. The van der Waals surface area contributed by atoms with E-state index in [1.54, 1.807) is 0 Å². The first-order chi connectivity index (χ1) is 9.91. The van der Waals surface area contributed by atoms with Gasteiger partial charge in [0.2, 0.25) is 0 Å². The lowest BCUT2D eigenvalue weighted by atomic mass is 10.1. The highest BCUT2D eigenvalue weighted by Crippen LogP contribution is 2.32. The Hall–Kier alpha value is -1.82. The average Bonchev–Trinajstić information content (AvgIpc) is 2.43. The summed E-state index contributed by atoms with van der Waals surface area (Å²) < 4.78 is 0. The van der Waals surface area contributed by atoms with Gasteiger partial charge in [-0.2, -0.15) is 0 Å². The first-order valence-electron chi connectivity index (χ1n) is 5.55. The van der Waals surface area contributed by atoms with Gasteiger partial charge in [-0.05, 0) is 24.3 Å². The maximum absolute atomic E-state index is 12.1. The zero-order valence-corrected chi connectivity index (χ0v) is 12.5. The molecule has 0 fully saturated rings. The molecule has 2 rings (SSSR count). The number of nitrogens with zero attached hydrogens (tertiary/aromatic N) is 1. The first kappa shape index (κ1) is 15.6. The second kappa shape index (κ2) is 6.30. The third-order valence-corrected chi connectivity index (χ3v) is 3.49. The number of carboxylic acids is 1. The molecule has 108 valence electrons. The van der Waals surface area contributed by atoms with E-state index in [1.165, 1.54) is 30.5 Å². The molecule has 2 aromatic rings. The molecule has 8 heteroatoms. The molecular formula is C13H7Cl3N2O3. The lowest BCUT2D eigenvalue weighted by molar-refractivity contribution is 0.0698. The lowest BCUT2D eigenvalue weighted by Crippen LogP contribution is -2.16. The van der Waals surface area contributed by atoms with Crippen molar-refractivity contribution >= 4 is 52.4 Å². The summed E-state index contributed by atoms with van der Waals surface area (Å²) in [6.45, 7) is 0. The van der Waals surface area contributed by atoms with E-state index in [2.05, 4.69) is 10.3 Å². The predicted octanol–water partition coefficient (Wildman–Crippen LogP) is 3.99. The van der Waals surface area contributed by atoms with Gasteiger partial charge >= 0.3 is 5.97 Å². The summed E-state index contributed by atoms with van der Waals surface area (Å²) in [6.07, 6.45) is 1.42. The largest absolute Gasteiger partial charge is 0.478 e. The van der Waals surface area contributed by atoms with Crippen molar-refractivity contribution in [2.75, 3.05) is 5.32 Å². The van der Waals surface area contributed by atoms with E-state index >= 15 is 0 Å². The monoisotopic (exact) mass is 344 g/mol. The number of rotatable bonds is 3. The molecule has 0 aliphatic heterocycles. The van der Waals surface area contributed by atoms with Crippen LogP contribution in [0.2, 0.25) is 15.2 Å². The molecule has 1 amide bonds. The van der Waals surface area contributed by atoms with Crippen molar-refractivity contribution in [1.29, 1.82) is 0 Å². The van der Waals surface area contributed by atoms with E-state index in [1.807, 2.05) is 0 Å². The van der Waals surface area contributed by atoms with Crippen LogP contribution in [0.3, 0.4) is 0 Å². The Kier molecular flexibility index (Phi) is 4.67. The molecule has 0 spiro atoms. The molecular weight excluding hydrogens is 339 g/mol. The minimum atomic E-state index is -1.31. The summed E-state index contributed by atoms with van der Waals surface area (Å²) in [5.41, 5.74) is -0.300. The third-order valence-electron chi connectivity index (χ3n) is 2.56. The Labute approximate surface area is 134 Å². The van der Waals surface area contributed by atoms with Gasteiger partial charge in [-0.25, -0.2) is 9.78 Å². The fraction of sp³-hybridized carbons (Fsp3) is 0. The van der Waals surface area contributed by atoms with Gasteiger partial charge in [0.05, 0.1) is 21.3 Å². The van der Waals surface area contributed by atoms with Crippen molar-refractivity contribution < 1.29 is 14.7 Å². The molecule has 0 unspecified atom stereocenters. The number of aromatic nitrogens is 1. The van der Waals surface area contributed by atoms with Crippen molar-refractivity contribution in [3.8, 4) is 0 Å². The van der Waals surface area contributed by atoms with Gasteiger partial charge in [-0.15, -0.1) is 0 Å². The summed E-state index contributed by atoms with van der Waals surface area (Å²) in [5.74, 6) is -1.95. The number of nitrogens with one attached hydrogen (secondary N) is 1. The summed E-state index contributed by atoms with van der Waals surface area (Å²) in [6, 6.07) is 5.69. The number of anilines is 1. The number of hydrogen-bond acceptors (Lipinski definition) is 3. The molecule has 0 bridgehead atoms. The molecule has 1 aromatic heterocycles. The summed E-state index contributed by atoms with van der Waals surface area (Å²) in [5, 5.41) is 11.6. The fourth-order valence-corrected chi connectivity index (χ4v) is 2.27. The predicted molar refractivity (Wildman–Crippen MR) is 80.6 cm³/mol. The van der Waals surface area contributed by atoms with Crippen molar-refractivity contribution in [3.05, 3.63) is 56.8 Å². The number of aromatic carboxylic acids is 1. The van der Waals surface area contributed by atoms with Crippen molar-refractivity contribution in [2.45, 2.75) is 0 Å². The highest BCUT2D eigenvalue weighted by Gasteiger charge is 2.21. The zero-order chi connectivity index (χ0) is 15.6. The van der Waals surface area contributed by atoms with E-state index in [-0.39, 0.29) is 32.0 Å². The van der Waals surface area contributed by atoms with E-state index in [0.29, 0.717) is 0 Å². The van der Waals surface area contributed by atoms with E-state index in [9.17, 15) is 14.7 Å². The van der Waals surface area contributed by atoms with Crippen LogP contribution >= 0.6 is 34.8 Å². The van der Waals surface area contributed by atoms with Crippen LogP contribution in [0.5, 0.6) is 0 Å². The van der Waals surface area contributed by atoms with Crippen LogP contribution in [-0.4, -0.2) is 22.0 Å². The van der Waals surface area contributed by atoms with Gasteiger partial charge in [0.1, 0.15) is 10.7 Å². The Morgan fingerprint density at radius 2 is 1.76 bits per heavy atom. The first-order valence-corrected chi connectivity index (χ1v) is 6.68. The number of hydrogen-bond donors (Lipinski definition) is 2. The van der Waals surface area contributed by atoms with Crippen LogP contribution in [0.15, 0.2) is 30.5 Å². The number of amides is 1. The van der Waals surface area contributed by atoms with Crippen LogP contribution in [-0.2, 0) is 0 Å². The quantitative estimate of drug-likeness (QED) is 0.824. The van der Waals surface area contributed by atoms with Crippen LogP contribution in [0.4, 0.5) is 5.69 Å². The Bertz CT molecular complexity index is 735. The van der Waals surface area contributed by atoms with E-state index < -0.39 is 11.9 Å². The molecule has 1 heterocycles. The highest BCUT2D eigenvalue weighted by atomic mass is 35.5. The molecule has 0 atom stereocenters. The molecule has 1 aromatic carbocycles. The number of carboxylic acid groups (broad SMARTS) is 1. The van der Waals surface area contributed by atoms with E-state index in [4.69, 9.17) is 34.8 Å². The Morgan fingerprint density at radius 1 is 1.10 bits per heavy atom. The summed E-state index contributed by atoms with van der Waals surface area (Å²) in [7, 11) is 0. The molecule has 0 saturated carbocycles. The normalized spacial score (nSPS) is 10.2. The molecule has 0 aliphatic rings. The van der Waals surface area contributed by atoms with Gasteiger partial charge in [-0.1, -0.05) is 34.8 Å². The minimum absolute atomic E-state index is 0.00924. The maximum Gasteiger partial charge on any atom is 0.339 e. The molecule has 21 heavy (non-hydrogen) atoms. The summed E-state index contributed by atoms with van der Waals surface area (Å²) >= 11 is 17.6. The number of pyridine rings is 1. The van der Waals surface area contributed by atoms with Crippen molar-refractivity contribution in [2.24, 2.45) is 0 Å². The van der Waals surface area contributed by atoms with Crippen molar-refractivity contribution in [1.82, 2.24) is 4.98 Å². The number of halogens is 3. The van der Waals surface area contributed by atoms with Crippen LogP contribution in [0.25, 0.3) is 0 Å². The van der Waals surface area contributed by atoms with Crippen LogP contribution in [0, 0.1) is 0 Å². The number of carbonyl (C=O) groups excluding carboxylic acids is 1. The van der Waals surface area contributed by atoms with Gasteiger partial charge in [0, 0.05) is 6.20 Å². The molecule has 0 saturated heterocycles. The van der Waals surface area contributed by atoms with Crippen LogP contribution in [0.1, 0.15) is 20.7 Å². The smallest absolute Gasteiger partial charge is 0.339 e. The number of carbonyl (C=O) groups is 2. The van der Waals surface area contributed by atoms with Gasteiger partial charge in [0.25, 0.3) is 5.91 Å². The van der Waals surface area contributed by atoms with E-state index in [0.717, 1.165) is 0 Å². The zero-order valence-electron chi connectivity index (χ0n) is 10.2. The molecule has 0 aliphatic carbocycles. The lowest BCUT2D eigenvalue weighted by Gasteiger charge is -2.12. The second-order valence-electron chi connectivity index (χ2n) is 3.88. The van der Waals surface area contributed by atoms with Crippen molar-refractivity contribution in [3.63, 3.8) is 0 Å². The third kappa shape index (κ3) is 3.26. The average molecular weight is 346 g/mol. The Balaban J connectivity index is 2.45. The van der Waals surface area contributed by atoms with Crippen LogP contribution < -0.4 is 5.32 Å². The highest BCUT2D eigenvalue weighted by molar-refractivity contribution is 6.39. The SMILES string of the molecule is O=C(Nc1c(Cl)ccc(Cl)c1C(=O)O)c1cccnc1Cl. The van der Waals surface area contributed by atoms with Gasteiger partial charge in [-0.3, -0.25) is 4.79 Å². The number of benzene rings is 1.